The molecule has 0 spiro atoms. The summed E-state index contributed by atoms with van der Waals surface area (Å²) in [6.45, 7) is 3.04. The third-order valence-corrected chi connectivity index (χ3v) is 3.82. The van der Waals surface area contributed by atoms with E-state index in [2.05, 4.69) is 27.5 Å². The number of carboxylic acids is 2. The number of carboxylic acid groups (broad SMARTS) is 2. The monoisotopic (exact) mass is 537 g/mol. The van der Waals surface area contributed by atoms with Gasteiger partial charge in [-0.15, -0.1) is 0 Å². The molecule has 1 aromatic rings. The van der Waals surface area contributed by atoms with E-state index in [1.165, 1.54) is 6.42 Å². The summed E-state index contributed by atoms with van der Waals surface area (Å²) in [5.74, 6) is -5.90. The summed E-state index contributed by atoms with van der Waals surface area (Å²) in [5.41, 5.74) is 6.17. The molecule has 0 bridgehead atoms. The number of nitrogens with one attached hydrogen (secondary N) is 3. The molecular formula is C19H29F6N5O6. The van der Waals surface area contributed by atoms with Crippen molar-refractivity contribution in [3.63, 3.8) is 0 Å². The third kappa shape index (κ3) is 19.0. The molecule has 11 nitrogen and oxygen atoms in total. The quantitative estimate of drug-likeness (QED) is 0.182. The highest BCUT2D eigenvalue weighted by molar-refractivity contribution is 5.87. The molecule has 1 aromatic heterocycles. The second kappa shape index (κ2) is 18.0. The van der Waals surface area contributed by atoms with Gasteiger partial charge >= 0.3 is 24.3 Å². The number of amides is 2. The maximum Gasteiger partial charge on any atom is 0.490 e. The Kier molecular flexibility index (Phi) is 17.4. The van der Waals surface area contributed by atoms with E-state index in [1.807, 2.05) is 0 Å². The Morgan fingerprint density at radius 2 is 1.56 bits per heavy atom. The fourth-order valence-corrected chi connectivity index (χ4v) is 2.11. The molecule has 2 amide bonds. The Morgan fingerprint density at radius 1 is 1.03 bits per heavy atom. The van der Waals surface area contributed by atoms with Crippen LogP contribution in [-0.4, -0.2) is 75.4 Å². The van der Waals surface area contributed by atoms with Gasteiger partial charge in [-0.3, -0.25) is 9.59 Å². The first-order valence-electron chi connectivity index (χ1n) is 10.4. The molecule has 0 radical (unpaired) electrons. The minimum absolute atomic E-state index is 0.170. The summed E-state index contributed by atoms with van der Waals surface area (Å²) >= 11 is 0. The van der Waals surface area contributed by atoms with Gasteiger partial charge in [-0.2, -0.15) is 26.3 Å². The van der Waals surface area contributed by atoms with Crippen molar-refractivity contribution in [2.45, 2.75) is 63.8 Å². The summed E-state index contributed by atoms with van der Waals surface area (Å²) in [6, 6.07) is -0.606. The fraction of sp³-hybridized carbons (Fsp3) is 0.632. The molecule has 0 saturated heterocycles. The van der Waals surface area contributed by atoms with Crippen molar-refractivity contribution >= 4 is 23.8 Å². The van der Waals surface area contributed by atoms with Gasteiger partial charge in [0.1, 0.15) is 6.04 Å². The highest BCUT2D eigenvalue weighted by Crippen LogP contribution is 2.13. The van der Waals surface area contributed by atoms with Crippen LogP contribution in [0.25, 0.3) is 0 Å². The average molecular weight is 537 g/mol. The summed E-state index contributed by atoms with van der Waals surface area (Å²) in [7, 11) is 0. The highest BCUT2D eigenvalue weighted by Gasteiger charge is 2.38. The molecule has 208 valence electrons. The maximum absolute atomic E-state index is 12.3. The fourth-order valence-electron chi connectivity index (χ4n) is 2.11. The van der Waals surface area contributed by atoms with Crippen LogP contribution in [0, 0.1) is 0 Å². The second-order valence-corrected chi connectivity index (χ2v) is 6.90. The number of unbranched alkanes of at least 4 members (excludes halogenated alkanes) is 3. The number of aromatic amines is 1. The van der Waals surface area contributed by atoms with Gasteiger partial charge in [0, 0.05) is 37.8 Å². The van der Waals surface area contributed by atoms with Gasteiger partial charge in [0.05, 0.1) is 6.33 Å². The number of carbonyl (C=O) groups is 4. The maximum atomic E-state index is 12.3. The Hall–Kier alpha value is -3.37. The molecule has 1 heterocycles. The molecule has 36 heavy (non-hydrogen) atoms. The van der Waals surface area contributed by atoms with Crippen LogP contribution >= 0.6 is 0 Å². The number of H-pyrrole nitrogens is 1. The van der Waals surface area contributed by atoms with E-state index in [9.17, 15) is 35.9 Å². The summed E-state index contributed by atoms with van der Waals surface area (Å²) in [4.78, 5) is 48.6. The molecule has 0 aromatic carbocycles. The van der Waals surface area contributed by atoms with Crippen LogP contribution in [0.3, 0.4) is 0 Å². The van der Waals surface area contributed by atoms with Crippen molar-refractivity contribution in [3.05, 3.63) is 18.2 Å². The van der Waals surface area contributed by atoms with Crippen LogP contribution < -0.4 is 16.4 Å². The first kappa shape index (κ1) is 34.8. The van der Waals surface area contributed by atoms with Crippen molar-refractivity contribution in [3.8, 4) is 0 Å². The molecule has 17 heteroatoms. The van der Waals surface area contributed by atoms with Gasteiger partial charge in [0.15, 0.2) is 0 Å². The molecule has 0 unspecified atom stereocenters. The Morgan fingerprint density at radius 3 is 1.94 bits per heavy atom. The van der Waals surface area contributed by atoms with Gasteiger partial charge in [0.2, 0.25) is 11.8 Å². The average Bonchev–Trinajstić information content (AvgIpc) is 3.26. The SMILES string of the molecule is CCCCCCNC(=O)[C@H](Cc1cnc[nH]1)NC(=O)CCN.O=C(O)C(F)(F)F.O=C(O)C(F)(F)F. The number of aromatic nitrogens is 2. The first-order chi connectivity index (χ1) is 16.6. The molecule has 1 rings (SSSR count). The molecule has 0 aliphatic carbocycles. The summed E-state index contributed by atoms with van der Waals surface area (Å²) in [5, 5.41) is 19.9. The van der Waals surface area contributed by atoms with Crippen LogP contribution in [0.5, 0.6) is 0 Å². The van der Waals surface area contributed by atoms with E-state index in [0.717, 1.165) is 25.0 Å². The minimum atomic E-state index is -5.08. The van der Waals surface area contributed by atoms with E-state index < -0.39 is 30.3 Å². The van der Waals surface area contributed by atoms with Crippen LogP contribution in [0.4, 0.5) is 26.3 Å². The molecular weight excluding hydrogens is 508 g/mol. The van der Waals surface area contributed by atoms with Crippen molar-refractivity contribution in [1.29, 1.82) is 0 Å². The van der Waals surface area contributed by atoms with E-state index >= 15 is 0 Å². The lowest BCUT2D eigenvalue weighted by atomic mass is 10.1. The molecule has 7 N–H and O–H groups in total. The topological polar surface area (TPSA) is 187 Å². The van der Waals surface area contributed by atoms with Crippen LogP contribution in [0.2, 0.25) is 0 Å². The molecule has 0 fully saturated rings. The zero-order valence-corrected chi connectivity index (χ0v) is 19.2. The lowest BCUT2D eigenvalue weighted by Crippen LogP contribution is -2.48. The summed E-state index contributed by atoms with van der Waals surface area (Å²) in [6.07, 6.45) is -1.99. The predicted octanol–water partition coefficient (Wildman–Crippen LogP) is 1.75. The summed E-state index contributed by atoms with van der Waals surface area (Å²) < 4.78 is 63.5. The number of alkyl halides is 6. The van der Waals surface area contributed by atoms with Crippen LogP contribution in [-0.2, 0) is 25.6 Å². The standard InChI is InChI=1S/C15H27N5O2.2C2HF3O2/c1-2-3-4-5-8-18-15(22)13(20-14(21)6-7-16)9-12-10-17-11-19-12;2*3-2(4,5)1(6)7/h10-11,13H,2-9,16H2,1H3,(H,17,19)(H,18,22)(H,20,21);2*(H,6,7)/t13-;;/m0../s1. The first-order valence-corrected chi connectivity index (χ1v) is 10.4. The highest BCUT2D eigenvalue weighted by atomic mass is 19.4. The number of hydrogen-bond acceptors (Lipinski definition) is 6. The molecule has 0 saturated carbocycles. The zero-order chi connectivity index (χ0) is 28.4. The number of aliphatic carboxylic acids is 2. The van der Waals surface area contributed by atoms with Crippen molar-refractivity contribution in [2.24, 2.45) is 5.73 Å². The number of carbonyl (C=O) groups excluding carboxylic acids is 2. The predicted molar refractivity (Wildman–Crippen MR) is 112 cm³/mol. The third-order valence-electron chi connectivity index (χ3n) is 3.82. The number of halogens is 6. The Labute approximate surface area is 201 Å². The van der Waals surface area contributed by atoms with Crippen molar-refractivity contribution in [2.75, 3.05) is 13.1 Å². The molecule has 0 aliphatic rings. The van der Waals surface area contributed by atoms with Gasteiger partial charge in [-0.05, 0) is 6.42 Å². The van der Waals surface area contributed by atoms with Gasteiger partial charge in [-0.1, -0.05) is 26.2 Å². The largest absolute Gasteiger partial charge is 0.490 e. The number of imidazole rings is 1. The van der Waals surface area contributed by atoms with Crippen LogP contribution in [0.1, 0.15) is 44.7 Å². The number of hydrogen-bond donors (Lipinski definition) is 6. The lowest BCUT2D eigenvalue weighted by molar-refractivity contribution is -0.193. The van der Waals surface area contributed by atoms with E-state index in [4.69, 9.17) is 25.5 Å². The molecule has 1 atom stereocenters. The second-order valence-electron chi connectivity index (χ2n) is 6.90. The van der Waals surface area contributed by atoms with E-state index in [1.54, 1.807) is 12.5 Å². The Balaban J connectivity index is 0. The van der Waals surface area contributed by atoms with Gasteiger partial charge in [-0.25, -0.2) is 14.6 Å². The van der Waals surface area contributed by atoms with Crippen molar-refractivity contribution < 1.29 is 55.7 Å². The van der Waals surface area contributed by atoms with Crippen LogP contribution in [0.15, 0.2) is 12.5 Å². The van der Waals surface area contributed by atoms with E-state index in [0.29, 0.717) is 13.0 Å². The smallest absolute Gasteiger partial charge is 0.475 e. The minimum Gasteiger partial charge on any atom is -0.475 e. The normalized spacial score (nSPS) is 11.7. The number of rotatable bonds is 11. The zero-order valence-electron chi connectivity index (χ0n) is 19.2. The lowest BCUT2D eigenvalue weighted by Gasteiger charge is -2.18. The number of nitrogens with two attached hydrogens (primary N) is 1. The molecule has 0 aliphatic heterocycles. The van der Waals surface area contributed by atoms with E-state index in [-0.39, 0.29) is 24.8 Å². The van der Waals surface area contributed by atoms with Crippen molar-refractivity contribution in [1.82, 2.24) is 20.6 Å². The number of nitrogens with zero attached hydrogens (tertiary/aromatic N) is 1. The Bertz CT molecular complexity index is 763. The van der Waals surface area contributed by atoms with Gasteiger partial charge in [0.25, 0.3) is 0 Å². The van der Waals surface area contributed by atoms with Gasteiger partial charge < -0.3 is 31.6 Å².